The Labute approximate surface area is 159 Å². The standard InChI is InChI=1S/C20H19F4N3O/c21-15-10-27(9-13-5-7-14(8-6-13)20(22,23)24)11-18(15)28-12-19-25-16-3-1-2-4-17(16)26-19/h1-8,15,18H,9-12H2,(H,25,26). The zero-order chi connectivity index (χ0) is 19.7. The second-order valence-electron chi connectivity index (χ2n) is 6.95. The van der Waals surface area contributed by atoms with Gasteiger partial charge in [-0.1, -0.05) is 24.3 Å². The number of aromatic nitrogens is 2. The van der Waals surface area contributed by atoms with Crippen molar-refractivity contribution < 1.29 is 22.3 Å². The third-order valence-corrected chi connectivity index (χ3v) is 4.83. The number of hydrogen-bond donors (Lipinski definition) is 1. The summed E-state index contributed by atoms with van der Waals surface area (Å²) >= 11 is 0. The maximum atomic E-state index is 14.3. The number of halogens is 4. The lowest BCUT2D eigenvalue weighted by Crippen LogP contribution is -2.24. The molecule has 0 spiro atoms. The normalized spacial score (nSPS) is 20.9. The number of aromatic amines is 1. The van der Waals surface area contributed by atoms with Gasteiger partial charge in [0.2, 0.25) is 0 Å². The van der Waals surface area contributed by atoms with E-state index in [1.165, 1.54) is 12.1 Å². The Morgan fingerprint density at radius 1 is 1.07 bits per heavy atom. The molecule has 1 aromatic heterocycles. The van der Waals surface area contributed by atoms with Crippen LogP contribution >= 0.6 is 0 Å². The fraction of sp³-hybridized carbons (Fsp3) is 0.350. The largest absolute Gasteiger partial charge is 0.416 e. The highest BCUT2D eigenvalue weighted by Crippen LogP contribution is 2.29. The molecular formula is C20H19F4N3O. The number of nitrogens with one attached hydrogen (secondary N) is 1. The van der Waals surface area contributed by atoms with E-state index >= 15 is 0 Å². The van der Waals surface area contributed by atoms with Crippen LogP contribution in [-0.4, -0.2) is 40.2 Å². The molecule has 1 aliphatic rings. The summed E-state index contributed by atoms with van der Waals surface area (Å²) in [4.78, 5) is 9.39. The highest BCUT2D eigenvalue weighted by molar-refractivity contribution is 5.74. The summed E-state index contributed by atoms with van der Waals surface area (Å²) in [6.45, 7) is 1.12. The van der Waals surface area contributed by atoms with E-state index in [1.54, 1.807) is 0 Å². The third kappa shape index (κ3) is 4.18. The molecule has 1 aliphatic heterocycles. The quantitative estimate of drug-likeness (QED) is 0.657. The summed E-state index contributed by atoms with van der Waals surface area (Å²) in [6.07, 6.45) is -6.10. The van der Waals surface area contributed by atoms with E-state index in [0.29, 0.717) is 24.5 Å². The molecular weight excluding hydrogens is 374 g/mol. The van der Waals surface area contributed by atoms with Crippen LogP contribution < -0.4 is 0 Å². The number of rotatable bonds is 5. The zero-order valence-electron chi connectivity index (χ0n) is 14.9. The molecule has 2 atom stereocenters. The maximum absolute atomic E-state index is 14.3. The van der Waals surface area contributed by atoms with Crippen molar-refractivity contribution in [1.82, 2.24) is 14.9 Å². The Bertz CT molecular complexity index is 906. The maximum Gasteiger partial charge on any atom is 0.416 e. The van der Waals surface area contributed by atoms with Crippen molar-refractivity contribution >= 4 is 11.0 Å². The number of fused-ring (bicyclic) bond motifs is 1. The van der Waals surface area contributed by atoms with Gasteiger partial charge in [-0.25, -0.2) is 9.37 Å². The van der Waals surface area contributed by atoms with Crippen LogP contribution in [0.25, 0.3) is 11.0 Å². The van der Waals surface area contributed by atoms with Gasteiger partial charge in [0.05, 0.1) is 16.6 Å². The molecule has 2 unspecified atom stereocenters. The van der Waals surface area contributed by atoms with Crippen LogP contribution in [0, 0.1) is 0 Å². The van der Waals surface area contributed by atoms with Crippen LogP contribution in [0.1, 0.15) is 17.0 Å². The molecule has 4 nitrogen and oxygen atoms in total. The molecule has 28 heavy (non-hydrogen) atoms. The van der Waals surface area contributed by atoms with E-state index < -0.39 is 24.0 Å². The van der Waals surface area contributed by atoms with Crippen LogP contribution in [0.4, 0.5) is 17.6 Å². The highest BCUT2D eigenvalue weighted by atomic mass is 19.4. The highest BCUT2D eigenvalue weighted by Gasteiger charge is 2.34. The first-order valence-corrected chi connectivity index (χ1v) is 8.96. The molecule has 148 valence electrons. The molecule has 2 heterocycles. The van der Waals surface area contributed by atoms with Gasteiger partial charge >= 0.3 is 6.18 Å². The topological polar surface area (TPSA) is 41.1 Å². The van der Waals surface area contributed by atoms with Crippen molar-refractivity contribution in [3.63, 3.8) is 0 Å². The first-order valence-electron chi connectivity index (χ1n) is 8.96. The summed E-state index contributed by atoms with van der Waals surface area (Å²) < 4.78 is 57.9. The molecule has 8 heteroatoms. The Kier molecular flexibility index (Phi) is 5.07. The van der Waals surface area contributed by atoms with Gasteiger partial charge in [-0.05, 0) is 29.8 Å². The van der Waals surface area contributed by atoms with Crippen molar-refractivity contribution in [1.29, 1.82) is 0 Å². The van der Waals surface area contributed by atoms with Gasteiger partial charge in [0.15, 0.2) is 0 Å². The third-order valence-electron chi connectivity index (χ3n) is 4.83. The number of alkyl halides is 4. The van der Waals surface area contributed by atoms with E-state index in [9.17, 15) is 17.6 Å². The van der Waals surface area contributed by atoms with Crippen molar-refractivity contribution in [3.05, 3.63) is 65.5 Å². The molecule has 2 aromatic carbocycles. The van der Waals surface area contributed by atoms with E-state index in [-0.39, 0.29) is 13.2 Å². The molecule has 0 saturated carbocycles. The van der Waals surface area contributed by atoms with Gasteiger partial charge in [0, 0.05) is 19.6 Å². The van der Waals surface area contributed by atoms with Gasteiger partial charge in [-0.15, -0.1) is 0 Å². The first-order chi connectivity index (χ1) is 13.4. The van der Waals surface area contributed by atoms with Crippen LogP contribution in [-0.2, 0) is 24.1 Å². The predicted octanol–water partition coefficient (Wildman–Crippen LogP) is 4.32. The van der Waals surface area contributed by atoms with Crippen molar-refractivity contribution in [3.8, 4) is 0 Å². The van der Waals surface area contributed by atoms with Gasteiger partial charge in [-0.3, -0.25) is 4.90 Å². The van der Waals surface area contributed by atoms with Gasteiger partial charge < -0.3 is 9.72 Å². The van der Waals surface area contributed by atoms with E-state index in [2.05, 4.69) is 9.97 Å². The summed E-state index contributed by atoms with van der Waals surface area (Å²) in [5.74, 6) is 0.634. The first kappa shape index (κ1) is 18.9. The number of benzene rings is 2. The fourth-order valence-corrected chi connectivity index (χ4v) is 3.41. The monoisotopic (exact) mass is 393 g/mol. The number of imidazole rings is 1. The molecule has 4 rings (SSSR count). The number of hydrogen-bond acceptors (Lipinski definition) is 3. The second-order valence-corrected chi connectivity index (χ2v) is 6.95. The van der Waals surface area contributed by atoms with Gasteiger partial charge in [0.1, 0.15) is 24.7 Å². The SMILES string of the molecule is FC1CN(Cc2ccc(C(F)(F)F)cc2)CC1OCc1nc2ccccc2[nH]1. The number of likely N-dealkylation sites (tertiary alicyclic amines) is 1. The molecule has 0 amide bonds. The van der Waals surface area contributed by atoms with Crippen molar-refractivity contribution in [2.24, 2.45) is 0 Å². The Balaban J connectivity index is 1.32. The summed E-state index contributed by atoms with van der Waals surface area (Å²) in [6, 6.07) is 12.5. The average Bonchev–Trinajstić information content (AvgIpc) is 3.22. The molecule has 0 bridgehead atoms. The average molecular weight is 393 g/mol. The van der Waals surface area contributed by atoms with Crippen LogP contribution in [0.2, 0.25) is 0 Å². The zero-order valence-corrected chi connectivity index (χ0v) is 14.9. The number of para-hydroxylation sites is 2. The second kappa shape index (κ2) is 7.52. The molecule has 1 saturated heterocycles. The molecule has 0 radical (unpaired) electrons. The lowest BCUT2D eigenvalue weighted by molar-refractivity contribution is -0.137. The summed E-state index contributed by atoms with van der Waals surface area (Å²) in [5, 5.41) is 0. The Hall–Kier alpha value is -2.45. The number of H-pyrrole nitrogens is 1. The molecule has 1 N–H and O–H groups in total. The fourth-order valence-electron chi connectivity index (χ4n) is 3.41. The van der Waals surface area contributed by atoms with E-state index in [1.807, 2.05) is 29.2 Å². The van der Waals surface area contributed by atoms with E-state index in [0.717, 1.165) is 23.2 Å². The van der Waals surface area contributed by atoms with Gasteiger partial charge in [-0.2, -0.15) is 13.2 Å². The minimum atomic E-state index is -4.36. The van der Waals surface area contributed by atoms with E-state index in [4.69, 9.17) is 4.74 Å². The number of ether oxygens (including phenoxy) is 1. The smallest absolute Gasteiger partial charge is 0.366 e. The Morgan fingerprint density at radius 3 is 2.54 bits per heavy atom. The predicted molar refractivity (Wildman–Crippen MR) is 96.3 cm³/mol. The van der Waals surface area contributed by atoms with Crippen LogP contribution in [0.15, 0.2) is 48.5 Å². The minimum absolute atomic E-state index is 0.174. The molecule has 3 aromatic rings. The number of nitrogens with zero attached hydrogens (tertiary/aromatic N) is 2. The van der Waals surface area contributed by atoms with Crippen LogP contribution in [0.5, 0.6) is 0 Å². The van der Waals surface area contributed by atoms with Crippen LogP contribution in [0.3, 0.4) is 0 Å². The summed E-state index contributed by atoms with van der Waals surface area (Å²) in [5.41, 5.74) is 1.74. The Morgan fingerprint density at radius 2 is 1.82 bits per heavy atom. The minimum Gasteiger partial charge on any atom is -0.366 e. The molecule has 1 fully saturated rings. The van der Waals surface area contributed by atoms with Gasteiger partial charge in [0.25, 0.3) is 0 Å². The lowest BCUT2D eigenvalue weighted by atomic mass is 10.1. The van der Waals surface area contributed by atoms with Crippen molar-refractivity contribution in [2.45, 2.75) is 31.6 Å². The van der Waals surface area contributed by atoms with Crippen molar-refractivity contribution in [2.75, 3.05) is 13.1 Å². The summed E-state index contributed by atoms with van der Waals surface area (Å²) in [7, 11) is 0. The molecule has 0 aliphatic carbocycles. The lowest BCUT2D eigenvalue weighted by Gasteiger charge is -2.16.